The van der Waals surface area contributed by atoms with Crippen molar-refractivity contribution < 1.29 is 4.79 Å². The molecule has 0 radical (unpaired) electrons. The highest BCUT2D eigenvalue weighted by molar-refractivity contribution is 9.11. The zero-order valence-corrected chi connectivity index (χ0v) is 13.7. The molecule has 0 aliphatic heterocycles. The quantitative estimate of drug-likeness (QED) is 0.545. The van der Waals surface area contributed by atoms with Crippen molar-refractivity contribution in [2.45, 2.75) is 6.92 Å². The summed E-state index contributed by atoms with van der Waals surface area (Å²) >= 11 is 6.87. The zero-order valence-electron chi connectivity index (χ0n) is 10.6. The highest BCUT2D eigenvalue weighted by Gasteiger charge is 2.14. The predicted octanol–water partition coefficient (Wildman–Crippen LogP) is 3.45. The van der Waals surface area contributed by atoms with Crippen molar-refractivity contribution in [1.29, 1.82) is 0 Å². The topological polar surface area (TPSA) is 80.0 Å². The molecule has 1 aromatic carbocycles. The Morgan fingerprint density at radius 1 is 1.30 bits per heavy atom. The van der Waals surface area contributed by atoms with Crippen LogP contribution in [0.15, 0.2) is 39.5 Å². The lowest BCUT2D eigenvalue weighted by atomic mass is 10.2. The number of nitrogen functional groups attached to an aromatic ring is 1. The molecule has 0 aliphatic carbocycles. The largest absolute Gasteiger partial charge is 0.322 e. The molecule has 20 heavy (non-hydrogen) atoms. The van der Waals surface area contributed by atoms with Crippen LogP contribution in [0.1, 0.15) is 15.9 Å². The number of nitrogens with zero attached hydrogens (tertiary/aromatic N) is 1. The first-order chi connectivity index (χ1) is 9.52. The number of pyridine rings is 1. The number of rotatable bonds is 3. The first-order valence-electron chi connectivity index (χ1n) is 5.70. The van der Waals surface area contributed by atoms with Crippen molar-refractivity contribution in [2.75, 3.05) is 10.7 Å². The summed E-state index contributed by atoms with van der Waals surface area (Å²) in [4.78, 5) is 16.2. The number of carbonyl (C=O) groups excluding carboxylic acids is 1. The number of nitrogens with one attached hydrogen (secondary N) is 2. The van der Waals surface area contributed by atoms with Gasteiger partial charge in [-0.3, -0.25) is 15.6 Å². The molecular weight excluding hydrogens is 388 g/mol. The highest BCUT2D eigenvalue weighted by atomic mass is 79.9. The van der Waals surface area contributed by atoms with E-state index in [1.54, 1.807) is 6.07 Å². The molecule has 0 atom stereocenters. The summed E-state index contributed by atoms with van der Waals surface area (Å²) in [6.45, 7) is 1.97. The SMILES string of the molecule is Cc1cc(Br)c(NC(=O)c2ccncc2NN)c(Br)c1. The molecule has 0 saturated heterocycles. The van der Waals surface area contributed by atoms with Gasteiger partial charge < -0.3 is 10.7 Å². The Morgan fingerprint density at radius 2 is 1.95 bits per heavy atom. The lowest BCUT2D eigenvalue weighted by Gasteiger charge is -2.12. The lowest BCUT2D eigenvalue weighted by molar-refractivity contribution is 0.102. The minimum Gasteiger partial charge on any atom is -0.322 e. The monoisotopic (exact) mass is 398 g/mol. The van der Waals surface area contributed by atoms with Gasteiger partial charge in [0.25, 0.3) is 5.91 Å². The third kappa shape index (κ3) is 3.17. The number of hydrogen-bond acceptors (Lipinski definition) is 4. The number of hydrogen-bond donors (Lipinski definition) is 3. The van der Waals surface area contributed by atoms with Gasteiger partial charge in [-0.2, -0.15) is 0 Å². The van der Waals surface area contributed by atoms with Crippen LogP contribution in [-0.4, -0.2) is 10.9 Å². The lowest BCUT2D eigenvalue weighted by Crippen LogP contribution is -2.18. The van der Waals surface area contributed by atoms with E-state index in [1.807, 2.05) is 19.1 Å². The molecule has 0 fully saturated rings. The van der Waals surface area contributed by atoms with Gasteiger partial charge in [0.05, 0.1) is 23.1 Å². The van der Waals surface area contributed by atoms with Gasteiger partial charge in [-0.15, -0.1) is 0 Å². The summed E-state index contributed by atoms with van der Waals surface area (Å²) in [5.74, 6) is 5.10. The average molecular weight is 400 g/mol. The average Bonchev–Trinajstić information content (AvgIpc) is 2.42. The van der Waals surface area contributed by atoms with Gasteiger partial charge in [-0.1, -0.05) is 0 Å². The van der Waals surface area contributed by atoms with Crippen LogP contribution in [0.2, 0.25) is 0 Å². The van der Waals surface area contributed by atoms with Crippen molar-refractivity contribution in [3.63, 3.8) is 0 Å². The first kappa shape index (κ1) is 15.0. The van der Waals surface area contributed by atoms with Gasteiger partial charge in [0.1, 0.15) is 0 Å². The fourth-order valence-corrected chi connectivity index (χ4v) is 3.32. The van der Waals surface area contributed by atoms with E-state index in [0.717, 1.165) is 14.5 Å². The maximum atomic E-state index is 12.3. The van der Waals surface area contributed by atoms with E-state index in [-0.39, 0.29) is 5.91 Å². The van der Waals surface area contributed by atoms with Gasteiger partial charge in [0.2, 0.25) is 0 Å². The van der Waals surface area contributed by atoms with Crippen molar-refractivity contribution in [3.05, 3.63) is 50.7 Å². The number of benzene rings is 1. The van der Waals surface area contributed by atoms with Crippen LogP contribution in [0.25, 0.3) is 0 Å². The maximum Gasteiger partial charge on any atom is 0.257 e. The van der Waals surface area contributed by atoms with Gasteiger partial charge in [0.15, 0.2) is 0 Å². The van der Waals surface area contributed by atoms with Crippen LogP contribution in [0, 0.1) is 6.92 Å². The van der Waals surface area contributed by atoms with Gasteiger partial charge in [-0.05, 0) is 62.5 Å². The number of halogens is 2. The predicted molar refractivity (Wildman–Crippen MR) is 86.6 cm³/mol. The Balaban J connectivity index is 2.33. The molecule has 0 bridgehead atoms. The number of hydrazine groups is 1. The van der Waals surface area contributed by atoms with Crippen molar-refractivity contribution in [1.82, 2.24) is 4.98 Å². The molecule has 0 saturated carbocycles. The number of amides is 1. The highest BCUT2D eigenvalue weighted by Crippen LogP contribution is 2.32. The first-order valence-corrected chi connectivity index (χ1v) is 7.29. The molecule has 2 rings (SSSR count). The summed E-state index contributed by atoms with van der Waals surface area (Å²) in [6, 6.07) is 5.45. The second-order valence-electron chi connectivity index (χ2n) is 4.12. The fourth-order valence-electron chi connectivity index (χ4n) is 1.71. The summed E-state index contributed by atoms with van der Waals surface area (Å²) in [6.07, 6.45) is 3.03. The minimum absolute atomic E-state index is 0.273. The molecule has 4 N–H and O–H groups in total. The summed E-state index contributed by atoms with van der Waals surface area (Å²) in [5, 5.41) is 2.84. The molecule has 104 valence electrons. The van der Waals surface area contributed by atoms with Crippen LogP contribution in [0.4, 0.5) is 11.4 Å². The summed E-state index contributed by atoms with van der Waals surface area (Å²) in [5.41, 5.74) is 5.08. The van der Waals surface area contributed by atoms with E-state index in [2.05, 4.69) is 47.6 Å². The third-order valence-electron chi connectivity index (χ3n) is 2.65. The molecular formula is C13H12Br2N4O. The minimum atomic E-state index is -0.273. The molecule has 1 heterocycles. The number of aromatic nitrogens is 1. The Labute approximate surface area is 133 Å². The molecule has 7 heteroatoms. The number of anilines is 2. The Kier molecular flexibility index (Phi) is 4.74. The summed E-state index contributed by atoms with van der Waals surface area (Å²) < 4.78 is 1.60. The van der Waals surface area contributed by atoms with E-state index >= 15 is 0 Å². The number of carbonyl (C=O) groups is 1. The van der Waals surface area contributed by atoms with Crippen LogP contribution in [-0.2, 0) is 0 Å². The van der Waals surface area contributed by atoms with Crippen LogP contribution in [0.5, 0.6) is 0 Å². The van der Waals surface area contributed by atoms with E-state index < -0.39 is 0 Å². The van der Waals surface area contributed by atoms with Crippen LogP contribution in [0.3, 0.4) is 0 Å². The van der Waals surface area contributed by atoms with E-state index in [9.17, 15) is 4.79 Å². The van der Waals surface area contributed by atoms with Crippen molar-refractivity contribution in [2.24, 2.45) is 5.84 Å². The molecule has 5 nitrogen and oxygen atoms in total. The normalized spacial score (nSPS) is 10.2. The Hall–Kier alpha value is -1.44. The number of nitrogens with two attached hydrogens (primary N) is 1. The molecule has 1 aromatic heterocycles. The molecule has 0 aliphatic rings. The second-order valence-corrected chi connectivity index (χ2v) is 5.83. The molecule has 0 spiro atoms. The van der Waals surface area contributed by atoms with E-state index in [4.69, 9.17) is 5.84 Å². The zero-order chi connectivity index (χ0) is 14.7. The van der Waals surface area contributed by atoms with Gasteiger partial charge >= 0.3 is 0 Å². The third-order valence-corrected chi connectivity index (χ3v) is 3.90. The van der Waals surface area contributed by atoms with E-state index in [0.29, 0.717) is 16.9 Å². The van der Waals surface area contributed by atoms with Crippen molar-refractivity contribution >= 4 is 49.1 Å². The fraction of sp³-hybridized carbons (Fsp3) is 0.0769. The maximum absolute atomic E-state index is 12.3. The Bertz CT molecular complexity index is 638. The van der Waals surface area contributed by atoms with Crippen LogP contribution >= 0.6 is 31.9 Å². The Morgan fingerprint density at radius 3 is 2.55 bits per heavy atom. The number of aryl methyl sites for hydroxylation is 1. The second kappa shape index (κ2) is 6.34. The van der Waals surface area contributed by atoms with Crippen LogP contribution < -0.4 is 16.6 Å². The van der Waals surface area contributed by atoms with Crippen molar-refractivity contribution in [3.8, 4) is 0 Å². The molecule has 0 unspecified atom stereocenters. The van der Waals surface area contributed by atoms with Gasteiger partial charge in [0, 0.05) is 15.1 Å². The summed E-state index contributed by atoms with van der Waals surface area (Å²) in [7, 11) is 0. The smallest absolute Gasteiger partial charge is 0.257 e. The van der Waals surface area contributed by atoms with E-state index in [1.165, 1.54) is 12.4 Å². The molecule has 2 aromatic rings. The van der Waals surface area contributed by atoms with Gasteiger partial charge in [-0.25, -0.2) is 0 Å². The molecule has 1 amide bonds. The standard InChI is InChI=1S/C13H12Br2N4O/c1-7-4-9(14)12(10(15)5-7)18-13(20)8-2-3-17-6-11(8)19-16/h2-6,19H,16H2,1H3,(H,18,20).